The van der Waals surface area contributed by atoms with Gasteiger partial charge in [-0.05, 0) is 24.5 Å². The summed E-state index contributed by atoms with van der Waals surface area (Å²) >= 11 is 0. The van der Waals surface area contributed by atoms with E-state index in [4.69, 9.17) is 0 Å². The predicted octanol–water partition coefficient (Wildman–Crippen LogP) is 1.79. The number of sulfonamides is 1. The molecule has 104 valence electrons. The molecular weight excluding hydrogens is 276 g/mol. The van der Waals surface area contributed by atoms with Crippen molar-refractivity contribution in [2.75, 3.05) is 0 Å². The maximum atomic E-state index is 12.3. The highest BCUT2D eigenvalue weighted by atomic mass is 32.2. The first-order chi connectivity index (χ1) is 9.53. The number of carbonyl (C=O) groups excluding carboxylic acids is 1. The van der Waals surface area contributed by atoms with Gasteiger partial charge in [0.25, 0.3) is 10.0 Å². The fourth-order valence-electron chi connectivity index (χ4n) is 2.32. The minimum absolute atomic E-state index is 0.0872. The second-order valence-corrected chi connectivity index (χ2v) is 6.56. The summed E-state index contributed by atoms with van der Waals surface area (Å²) in [6.07, 6.45) is 4.01. The third-order valence-electron chi connectivity index (χ3n) is 3.55. The van der Waals surface area contributed by atoms with Gasteiger partial charge in [0.2, 0.25) is 5.91 Å². The highest BCUT2D eigenvalue weighted by Crippen LogP contribution is 2.39. The number of para-hydroxylation sites is 1. The fraction of sp³-hybridized carbons (Fsp3) is 0.214. The number of aromatic amines is 1. The van der Waals surface area contributed by atoms with E-state index in [2.05, 4.69) is 16.3 Å². The van der Waals surface area contributed by atoms with Crippen molar-refractivity contribution in [1.29, 1.82) is 0 Å². The molecule has 0 radical (unpaired) electrons. The van der Waals surface area contributed by atoms with Crippen LogP contribution in [0.1, 0.15) is 6.42 Å². The summed E-state index contributed by atoms with van der Waals surface area (Å²) in [4.78, 5) is 14.9. The molecule has 1 aliphatic rings. The van der Waals surface area contributed by atoms with E-state index in [1.165, 1.54) is 6.07 Å². The zero-order chi connectivity index (χ0) is 14.3. The first kappa shape index (κ1) is 12.9. The van der Waals surface area contributed by atoms with Crippen LogP contribution in [0.2, 0.25) is 0 Å². The van der Waals surface area contributed by atoms with Crippen LogP contribution < -0.4 is 4.72 Å². The Bertz CT molecular complexity index is 792. The monoisotopic (exact) mass is 290 g/mol. The predicted molar refractivity (Wildman–Crippen MR) is 75.4 cm³/mol. The summed E-state index contributed by atoms with van der Waals surface area (Å²) in [6, 6.07) is 6.72. The quantitative estimate of drug-likeness (QED) is 0.843. The van der Waals surface area contributed by atoms with Crippen molar-refractivity contribution in [3.05, 3.63) is 43.1 Å². The molecule has 1 aromatic heterocycles. The lowest BCUT2D eigenvalue weighted by molar-refractivity contribution is -0.120. The number of allylic oxidation sites excluding steroid dienone is 1. The molecule has 2 aromatic rings. The molecule has 1 aliphatic carbocycles. The zero-order valence-electron chi connectivity index (χ0n) is 10.7. The molecule has 3 rings (SSSR count). The number of hydrogen-bond acceptors (Lipinski definition) is 3. The van der Waals surface area contributed by atoms with Gasteiger partial charge < -0.3 is 4.98 Å². The van der Waals surface area contributed by atoms with E-state index >= 15 is 0 Å². The molecule has 1 saturated carbocycles. The van der Waals surface area contributed by atoms with Crippen molar-refractivity contribution < 1.29 is 13.2 Å². The Morgan fingerprint density at radius 1 is 1.40 bits per heavy atom. The van der Waals surface area contributed by atoms with E-state index in [1.54, 1.807) is 30.5 Å². The molecule has 1 heterocycles. The molecule has 0 saturated heterocycles. The van der Waals surface area contributed by atoms with Crippen LogP contribution >= 0.6 is 0 Å². The van der Waals surface area contributed by atoms with Crippen LogP contribution in [0.5, 0.6) is 0 Å². The number of carbonyl (C=O) groups is 1. The Labute approximate surface area is 116 Å². The van der Waals surface area contributed by atoms with Crippen LogP contribution in [0.25, 0.3) is 10.9 Å². The number of H-pyrrole nitrogens is 1. The highest BCUT2D eigenvalue weighted by Gasteiger charge is 2.42. The average Bonchev–Trinajstić information content (AvgIpc) is 3.06. The van der Waals surface area contributed by atoms with Crippen molar-refractivity contribution in [2.45, 2.75) is 11.3 Å². The van der Waals surface area contributed by atoms with Crippen molar-refractivity contribution >= 4 is 26.8 Å². The Balaban J connectivity index is 1.90. The molecule has 0 spiro atoms. The zero-order valence-corrected chi connectivity index (χ0v) is 11.5. The summed E-state index contributed by atoms with van der Waals surface area (Å²) in [5, 5.41) is 0.788. The van der Waals surface area contributed by atoms with Crippen LogP contribution in [-0.4, -0.2) is 19.3 Å². The van der Waals surface area contributed by atoms with Crippen LogP contribution in [-0.2, 0) is 14.8 Å². The molecule has 2 atom stereocenters. The molecule has 1 aromatic carbocycles. The number of benzene rings is 1. The molecule has 0 aliphatic heterocycles. The van der Waals surface area contributed by atoms with E-state index in [-0.39, 0.29) is 16.7 Å². The smallest absolute Gasteiger partial charge is 0.266 e. The molecule has 5 nitrogen and oxygen atoms in total. The summed E-state index contributed by atoms with van der Waals surface area (Å²) in [5.74, 6) is -0.643. The third-order valence-corrected chi connectivity index (χ3v) is 4.94. The summed E-state index contributed by atoms with van der Waals surface area (Å²) in [7, 11) is -3.86. The SMILES string of the molecule is C=CC1C[C@@H]1C(=O)NS(=O)(=O)c1cccc2cc[nH]c12. The number of nitrogens with one attached hydrogen (secondary N) is 2. The Morgan fingerprint density at radius 3 is 2.90 bits per heavy atom. The van der Waals surface area contributed by atoms with Gasteiger partial charge in [0, 0.05) is 17.5 Å². The average molecular weight is 290 g/mol. The molecule has 1 unspecified atom stereocenters. The van der Waals surface area contributed by atoms with E-state index in [1.807, 2.05) is 0 Å². The Morgan fingerprint density at radius 2 is 2.20 bits per heavy atom. The second-order valence-electron chi connectivity index (χ2n) is 4.91. The molecular formula is C14H14N2O3S. The van der Waals surface area contributed by atoms with Gasteiger partial charge in [-0.15, -0.1) is 6.58 Å². The van der Waals surface area contributed by atoms with E-state index < -0.39 is 15.9 Å². The highest BCUT2D eigenvalue weighted by molar-refractivity contribution is 7.90. The first-order valence-electron chi connectivity index (χ1n) is 6.28. The van der Waals surface area contributed by atoms with Crippen molar-refractivity contribution in [3.8, 4) is 0 Å². The van der Waals surface area contributed by atoms with Crippen LogP contribution in [0, 0.1) is 11.8 Å². The minimum Gasteiger partial charge on any atom is -0.360 e. The van der Waals surface area contributed by atoms with Crippen molar-refractivity contribution in [2.24, 2.45) is 11.8 Å². The van der Waals surface area contributed by atoms with Gasteiger partial charge in [0.1, 0.15) is 4.90 Å². The molecule has 1 amide bonds. The lowest BCUT2D eigenvalue weighted by Gasteiger charge is -2.07. The molecule has 0 bridgehead atoms. The summed E-state index contributed by atoms with van der Waals surface area (Å²) in [6.45, 7) is 3.61. The van der Waals surface area contributed by atoms with Gasteiger partial charge in [-0.25, -0.2) is 13.1 Å². The lowest BCUT2D eigenvalue weighted by Crippen LogP contribution is -2.32. The number of hydrogen-bond donors (Lipinski definition) is 2. The Hall–Kier alpha value is -2.08. The lowest BCUT2D eigenvalue weighted by atomic mass is 10.2. The van der Waals surface area contributed by atoms with Gasteiger partial charge in [-0.2, -0.15) is 0 Å². The number of rotatable bonds is 4. The molecule has 20 heavy (non-hydrogen) atoms. The second kappa shape index (κ2) is 4.49. The van der Waals surface area contributed by atoms with E-state index in [0.29, 0.717) is 11.9 Å². The number of aromatic nitrogens is 1. The van der Waals surface area contributed by atoms with Crippen molar-refractivity contribution in [3.63, 3.8) is 0 Å². The Kier molecular flexibility index (Phi) is 2.90. The number of amides is 1. The largest absolute Gasteiger partial charge is 0.360 e. The van der Waals surface area contributed by atoms with Crippen LogP contribution in [0.3, 0.4) is 0 Å². The molecule has 6 heteroatoms. The standard InChI is InChI=1S/C14H14N2O3S/c1-2-9-8-11(9)14(17)16-20(18,19)12-5-3-4-10-6-7-15-13(10)12/h2-7,9,11,15H,1,8H2,(H,16,17)/t9?,11-/m0/s1. The molecule has 1 fully saturated rings. The normalized spacial score (nSPS) is 21.6. The maximum absolute atomic E-state index is 12.3. The minimum atomic E-state index is -3.86. The van der Waals surface area contributed by atoms with Crippen molar-refractivity contribution in [1.82, 2.24) is 9.71 Å². The van der Waals surface area contributed by atoms with Crippen LogP contribution in [0.15, 0.2) is 48.0 Å². The third kappa shape index (κ3) is 2.12. The van der Waals surface area contributed by atoms with E-state index in [9.17, 15) is 13.2 Å². The topological polar surface area (TPSA) is 79.0 Å². The van der Waals surface area contributed by atoms with Gasteiger partial charge >= 0.3 is 0 Å². The summed E-state index contributed by atoms with van der Waals surface area (Å²) < 4.78 is 26.8. The van der Waals surface area contributed by atoms with E-state index in [0.717, 1.165) is 5.39 Å². The van der Waals surface area contributed by atoms with Gasteiger partial charge in [-0.3, -0.25) is 4.79 Å². The van der Waals surface area contributed by atoms with Gasteiger partial charge in [0.15, 0.2) is 0 Å². The molecule has 2 N–H and O–H groups in total. The van der Waals surface area contributed by atoms with Gasteiger partial charge in [0.05, 0.1) is 5.52 Å². The summed E-state index contributed by atoms with van der Waals surface area (Å²) in [5.41, 5.74) is 0.504. The number of fused-ring (bicyclic) bond motifs is 1. The maximum Gasteiger partial charge on any atom is 0.266 e. The van der Waals surface area contributed by atoms with Crippen LogP contribution in [0.4, 0.5) is 0 Å². The fourth-order valence-corrected chi connectivity index (χ4v) is 3.55. The van der Waals surface area contributed by atoms with Gasteiger partial charge in [-0.1, -0.05) is 18.2 Å². The first-order valence-corrected chi connectivity index (χ1v) is 7.76.